The molecule has 1 heterocycles. The number of nitrogens with zero attached hydrogens (tertiary/aromatic N) is 1. The van der Waals surface area contributed by atoms with E-state index in [1.807, 2.05) is 19.1 Å². The van der Waals surface area contributed by atoms with Gasteiger partial charge in [-0.15, -0.1) is 0 Å². The Morgan fingerprint density at radius 1 is 1.43 bits per heavy atom. The highest BCUT2D eigenvalue weighted by atomic mass is 32.1. The molecule has 0 amide bonds. The zero-order valence-electron chi connectivity index (χ0n) is 11.5. The number of aromatic carboxylic acids is 1. The van der Waals surface area contributed by atoms with Crippen LogP contribution < -0.4 is 10.1 Å². The van der Waals surface area contributed by atoms with Gasteiger partial charge in [-0.25, -0.2) is 9.78 Å². The van der Waals surface area contributed by atoms with Crippen LogP contribution in [0, 0.1) is 0 Å². The number of thiazole rings is 1. The summed E-state index contributed by atoms with van der Waals surface area (Å²) >= 11 is 1.02. The number of hydrogen-bond donors (Lipinski definition) is 2. The molecule has 6 nitrogen and oxygen atoms in total. The maximum absolute atomic E-state index is 11.4. The zero-order valence-corrected chi connectivity index (χ0v) is 12.4. The summed E-state index contributed by atoms with van der Waals surface area (Å²) in [5.41, 5.74) is 0.484. The predicted molar refractivity (Wildman–Crippen MR) is 80.0 cm³/mol. The molecular weight excluding hydrogens is 292 g/mol. The van der Waals surface area contributed by atoms with Crippen LogP contribution in [0.15, 0.2) is 24.3 Å². The van der Waals surface area contributed by atoms with Crippen LogP contribution in [-0.4, -0.2) is 28.4 Å². The first kappa shape index (κ1) is 15.0. The van der Waals surface area contributed by atoms with E-state index >= 15 is 0 Å². The fourth-order valence-corrected chi connectivity index (χ4v) is 2.58. The first-order valence-corrected chi connectivity index (χ1v) is 7.08. The van der Waals surface area contributed by atoms with Crippen LogP contribution >= 0.6 is 11.3 Å². The van der Waals surface area contributed by atoms with Crippen LogP contribution in [0.25, 0.3) is 0 Å². The number of hydrogen-bond acceptors (Lipinski definition) is 6. The molecule has 2 aromatic rings. The first-order chi connectivity index (χ1) is 10.0. The molecule has 0 aliphatic heterocycles. The average molecular weight is 306 g/mol. The summed E-state index contributed by atoms with van der Waals surface area (Å²) in [6.45, 7) is 3.76. The van der Waals surface area contributed by atoms with Gasteiger partial charge in [0.05, 0.1) is 6.61 Å². The van der Waals surface area contributed by atoms with Gasteiger partial charge >= 0.3 is 5.97 Å². The quantitative estimate of drug-likeness (QED) is 0.797. The number of ether oxygens (including phenoxy) is 1. The molecule has 0 spiro atoms. The highest BCUT2D eigenvalue weighted by Gasteiger charge is 2.20. The monoisotopic (exact) mass is 306 g/mol. The number of ketones is 1. The second-order valence-corrected chi connectivity index (χ2v) is 5.14. The fraction of sp³-hybridized carbons (Fsp3) is 0.214. The van der Waals surface area contributed by atoms with E-state index in [0.717, 1.165) is 11.3 Å². The lowest BCUT2D eigenvalue weighted by atomic mass is 10.3. The van der Waals surface area contributed by atoms with Gasteiger partial charge in [0.2, 0.25) is 0 Å². The molecule has 7 heteroatoms. The molecule has 0 unspecified atom stereocenters. The number of carbonyl (C=O) groups is 2. The summed E-state index contributed by atoms with van der Waals surface area (Å²) < 4.78 is 5.38. The molecule has 0 bridgehead atoms. The minimum atomic E-state index is -1.22. The second kappa shape index (κ2) is 6.36. The molecule has 1 aromatic carbocycles. The van der Waals surface area contributed by atoms with Gasteiger partial charge in [0.15, 0.2) is 16.6 Å². The molecular formula is C14H14N2O4S. The number of carbonyl (C=O) groups excluding carboxylic acids is 1. The van der Waals surface area contributed by atoms with Crippen molar-refractivity contribution in [3.63, 3.8) is 0 Å². The van der Waals surface area contributed by atoms with E-state index in [1.165, 1.54) is 6.92 Å². The predicted octanol–water partition coefficient (Wildman–Crippen LogP) is 3.19. The summed E-state index contributed by atoms with van der Waals surface area (Å²) in [5, 5.41) is 12.4. The lowest BCUT2D eigenvalue weighted by Gasteiger charge is -2.06. The number of carboxylic acids is 1. The van der Waals surface area contributed by atoms with Crippen molar-refractivity contribution in [2.75, 3.05) is 11.9 Å². The van der Waals surface area contributed by atoms with Crippen molar-refractivity contribution < 1.29 is 19.4 Å². The molecule has 0 atom stereocenters. The maximum atomic E-state index is 11.4. The van der Waals surface area contributed by atoms with E-state index in [2.05, 4.69) is 10.3 Å². The Hall–Kier alpha value is -2.41. The van der Waals surface area contributed by atoms with Crippen LogP contribution in [0.2, 0.25) is 0 Å². The van der Waals surface area contributed by atoms with Crippen molar-refractivity contribution in [1.82, 2.24) is 4.98 Å². The van der Waals surface area contributed by atoms with Crippen LogP contribution in [0.3, 0.4) is 0 Å². The molecule has 2 N–H and O–H groups in total. The third kappa shape index (κ3) is 3.57. The Balaban J connectivity index is 2.27. The Kier molecular flexibility index (Phi) is 4.54. The van der Waals surface area contributed by atoms with Gasteiger partial charge in [-0.2, -0.15) is 0 Å². The van der Waals surface area contributed by atoms with Gasteiger partial charge < -0.3 is 15.2 Å². The van der Waals surface area contributed by atoms with E-state index in [4.69, 9.17) is 9.84 Å². The van der Waals surface area contributed by atoms with Crippen molar-refractivity contribution in [2.45, 2.75) is 13.8 Å². The summed E-state index contributed by atoms with van der Waals surface area (Å²) in [7, 11) is 0. The van der Waals surface area contributed by atoms with Crippen molar-refractivity contribution in [3.8, 4) is 5.75 Å². The molecule has 0 aliphatic carbocycles. The summed E-state index contributed by atoms with van der Waals surface area (Å²) in [5.74, 6) is -0.835. The number of nitrogens with one attached hydrogen (secondary N) is 1. The largest absolute Gasteiger partial charge is 0.494 e. The van der Waals surface area contributed by atoms with Gasteiger partial charge in [0.25, 0.3) is 0 Å². The number of anilines is 2. The zero-order chi connectivity index (χ0) is 15.4. The van der Waals surface area contributed by atoms with Gasteiger partial charge in [0.1, 0.15) is 10.6 Å². The Labute approximate surface area is 125 Å². The van der Waals surface area contributed by atoms with Crippen molar-refractivity contribution in [1.29, 1.82) is 0 Å². The fourth-order valence-electron chi connectivity index (χ4n) is 1.71. The van der Waals surface area contributed by atoms with Crippen LogP contribution in [-0.2, 0) is 0 Å². The lowest BCUT2D eigenvalue weighted by molar-refractivity contribution is 0.0687. The van der Waals surface area contributed by atoms with Gasteiger partial charge in [-0.05, 0) is 19.1 Å². The van der Waals surface area contributed by atoms with Gasteiger partial charge in [0, 0.05) is 18.7 Å². The van der Waals surface area contributed by atoms with Crippen LogP contribution in [0.5, 0.6) is 5.75 Å². The molecule has 110 valence electrons. The SMILES string of the molecule is CCOc1cccc(Nc2nc(C(=O)O)c(C(C)=O)s2)c1. The van der Waals surface area contributed by atoms with Crippen LogP contribution in [0.1, 0.15) is 34.0 Å². The summed E-state index contributed by atoms with van der Waals surface area (Å²) in [6.07, 6.45) is 0. The maximum Gasteiger partial charge on any atom is 0.356 e. The number of Topliss-reactive ketones (excluding diaryl/α,β-unsaturated/α-hetero) is 1. The molecule has 0 radical (unpaired) electrons. The lowest BCUT2D eigenvalue weighted by Crippen LogP contribution is -2.03. The second-order valence-electron chi connectivity index (χ2n) is 4.14. The molecule has 21 heavy (non-hydrogen) atoms. The Morgan fingerprint density at radius 3 is 2.76 bits per heavy atom. The molecule has 2 rings (SSSR count). The Bertz CT molecular complexity index is 650. The van der Waals surface area contributed by atoms with E-state index < -0.39 is 5.97 Å². The average Bonchev–Trinajstić information content (AvgIpc) is 2.84. The highest BCUT2D eigenvalue weighted by molar-refractivity contribution is 7.17. The third-order valence-corrected chi connectivity index (χ3v) is 3.62. The number of aromatic nitrogens is 1. The Morgan fingerprint density at radius 2 is 2.19 bits per heavy atom. The molecule has 0 fully saturated rings. The molecule has 0 saturated heterocycles. The summed E-state index contributed by atoms with van der Waals surface area (Å²) in [6, 6.07) is 7.21. The van der Waals surface area contributed by atoms with E-state index in [9.17, 15) is 9.59 Å². The minimum Gasteiger partial charge on any atom is -0.494 e. The van der Waals surface area contributed by atoms with Crippen molar-refractivity contribution in [2.24, 2.45) is 0 Å². The highest BCUT2D eigenvalue weighted by Crippen LogP contribution is 2.28. The van der Waals surface area contributed by atoms with Crippen molar-refractivity contribution >= 4 is 33.9 Å². The number of carboxylic acid groups (broad SMARTS) is 1. The van der Waals surface area contributed by atoms with Gasteiger partial charge in [-0.1, -0.05) is 17.4 Å². The minimum absolute atomic E-state index is 0.131. The number of rotatable bonds is 6. The normalized spacial score (nSPS) is 10.2. The molecule has 1 aromatic heterocycles. The summed E-state index contributed by atoms with van der Waals surface area (Å²) in [4.78, 5) is 26.6. The van der Waals surface area contributed by atoms with Gasteiger partial charge in [-0.3, -0.25) is 4.79 Å². The standard InChI is InChI=1S/C14H14N2O4S/c1-3-20-10-6-4-5-9(7-10)15-14-16-11(13(18)19)12(21-14)8(2)17/h4-7H,3H2,1-2H3,(H,15,16)(H,18,19). The first-order valence-electron chi connectivity index (χ1n) is 6.26. The molecule has 0 saturated carbocycles. The third-order valence-electron chi connectivity index (χ3n) is 2.55. The topological polar surface area (TPSA) is 88.5 Å². The van der Waals surface area contributed by atoms with E-state index in [-0.39, 0.29) is 16.4 Å². The van der Waals surface area contributed by atoms with Crippen LogP contribution in [0.4, 0.5) is 10.8 Å². The van der Waals surface area contributed by atoms with E-state index in [0.29, 0.717) is 23.2 Å². The smallest absolute Gasteiger partial charge is 0.356 e. The van der Waals surface area contributed by atoms with E-state index in [1.54, 1.807) is 12.1 Å². The van der Waals surface area contributed by atoms with Crippen molar-refractivity contribution in [3.05, 3.63) is 34.8 Å². The molecule has 0 aliphatic rings. The number of benzene rings is 1.